The van der Waals surface area contributed by atoms with Crippen LogP contribution in [0.1, 0.15) is 28.2 Å². The third-order valence-electron chi connectivity index (χ3n) is 5.70. The van der Waals surface area contributed by atoms with E-state index >= 15 is 0 Å². The van der Waals surface area contributed by atoms with E-state index in [0.717, 1.165) is 61.7 Å². The van der Waals surface area contributed by atoms with Crippen LogP contribution in [0.5, 0.6) is 0 Å². The maximum absolute atomic E-state index is 12.9. The molecule has 0 atom stereocenters. The van der Waals surface area contributed by atoms with Gasteiger partial charge in [-0.3, -0.25) is 4.79 Å². The Hall–Kier alpha value is -2.81. The van der Waals surface area contributed by atoms with Gasteiger partial charge in [-0.15, -0.1) is 0 Å². The van der Waals surface area contributed by atoms with Crippen molar-refractivity contribution < 1.29 is 19.2 Å². The molecule has 1 aromatic carbocycles. The maximum atomic E-state index is 12.9. The second kappa shape index (κ2) is 10.00. The first-order valence-electron chi connectivity index (χ1n) is 10.8. The van der Waals surface area contributed by atoms with Crippen LogP contribution in [0.15, 0.2) is 36.5 Å². The zero-order valence-corrected chi connectivity index (χ0v) is 18.2. The van der Waals surface area contributed by atoms with Crippen LogP contribution >= 0.6 is 0 Å². The van der Waals surface area contributed by atoms with Crippen LogP contribution in [0.25, 0.3) is 16.8 Å². The third-order valence-corrected chi connectivity index (χ3v) is 5.70. The number of benzene rings is 1. The van der Waals surface area contributed by atoms with Crippen LogP contribution in [-0.2, 0) is 16.1 Å². The van der Waals surface area contributed by atoms with Crippen LogP contribution in [0.4, 0.5) is 0 Å². The van der Waals surface area contributed by atoms with Gasteiger partial charge in [0.25, 0.3) is 5.91 Å². The van der Waals surface area contributed by atoms with Crippen LogP contribution in [0.3, 0.4) is 0 Å². The number of aryl methyl sites for hydroxylation is 1. The van der Waals surface area contributed by atoms with Crippen molar-refractivity contribution in [3.05, 3.63) is 53.5 Å². The van der Waals surface area contributed by atoms with Crippen molar-refractivity contribution in [1.29, 1.82) is 0 Å². The Kier molecular flexibility index (Phi) is 6.91. The summed E-state index contributed by atoms with van der Waals surface area (Å²) in [6.07, 6.45) is 2.56. The van der Waals surface area contributed by atoms with E-state index in [4.69, 9.17) is 9.47 Å². The highest BCUT2D eigenvalue weighted by atomic mass is 16.5. The van der Waals surface area contributed by atoms with Gasteiger partial charge in [0.15, 0.2) is 5.65 Å². The molecule has 1 fully saturated rings. The Bertz CT molecular complexity index is 1030. The zero-order valence-electron chi connectivity index (χ0n) is 18.2. The molecule has 3 heterocycles. The van der Waals surface area contributed by atoms with Crippen LogP contribution in [-0.4, -0.2) is 67.0 Å². The van der Waals surface area contributed by atoms with Gasteiger partial charge in [0.05, 0.1) is 43.3 Å². The fourth-order valence-corrected chi connectivity index (χ4v) is 4.09. The minimum absolute atomic E-state index is 0.146. The number of rotatable bonds is 8. The Balaban J connectivity index is 1.53. The molecule has 31 heavy (non-hydrogen) atoms. The van der Waals surface area contributed by atoms with E-state index in [-0.39, 0.29) is 12.5 Å². The maximum Gasteiger partial charge on any atom is 0.254 e. The first-order valence-corrected chi connectivity index (χ1v) is 10.8. The van der Waals surface area contributed by atoms with Gasteiger partial charge in [-0.05, 0) is 12.5 Å². The van der Waals surface area contributed by atoms with Crippen molar-refractivity contribution in [3.8, 4) is 11.1 Å². The lowest BCUT2D eigenvalue weighted by atomic mass is 10.1. The Morgan fingerprint density at radius 3 is 2.77 bits per heavy atom. The molecule has 0 aliphatic carbocycles. The number of aromatic nitrogens is 3. The number of ether oxygens (including phenoxy) is 2. The summed E-state index contributed by atoms with van der Waals surface area (Å²) >= 11 is 0. The van der Waals surface area contributed by atoms with Gasteiger partial charge < -0.3 is 19.7 Å². The summed E-state index contributed by atoms with van der Waals surface area (Å²) in [5, 5.41) is 7.72. The van der Waals surface area contributed by atoms with E-state index in [1.807, 2.05) is 37.3 Å². The summed E-state index contributed by atoms with van der Waals surface area (Å²) in [6.45, 7) is 7.61. The molecule has 2 N–H and O–H groups in total. The summed E-state index contributed by atoms with van der Waals surface area (Å²) < 4.78 is 12.5. The first kappa shape index (κ1) is 21.4. The quantitative estimate of drug-likeness (QED) is 0.525. The van der Waals surface area contributed by atoms with Crippen molar-refractivity contribution in [2.24, 2.45) is 0 Å². The normalized spacial score (nSPS) is 14.8. The van der Waals surface area contributed by atoms with Crippen molar-refractivity contribution in [2.45, 2.75) is 20.0 Å². The van der Waals surface area contributed by atoms with Crippen LogP contribution in [0.2, 0.25) is 0 Å². The van der Waals surface area contributed by atoms with Crippen LogP contribution in [0, 0.1) is 6.92 Å². The number of carbonyl (C=O) groups is 1. The molecular weight excluding hydrogens is 394 g/mol. The SMILES string of the molecule is COCc1c(C(=O)NCCC[NH+]2CCOCC2)cnc2c(-c3ccccc3)c(C)nn12. The number of morpholine rings is 1. The van der Waals surface area contributed by atoms with Crippen LogP contribution < -0.4 is 10.2 Å². The molecule has 0 spiro atoms. The number of fused-ring (bicyclic) bond motifs is 1. The number of quaternary nitrogens is 1. The molecular formula is C23H30N5O3+. The number of nitrogens with zero attached hydrogens (tertiary/aromatic N) is 3. The molecule has 8 heteroatoms. The molecule has 0 radical (unpaired) electrons. The number of amides is 1. The molecule has 3 aromatic rings. The summed E-state index contributed by atoms with van der Waals surface area (Å²) in [5.74, 6) is -0.146. The smallest absolute Gasteiger partial charge is 0.254 e. The van der Waals surface area contributed by atoms with Crippen molar-refractivity contribution in [3.63, 3.8) is 0 Å². The fourth-order valence-electron chi connectivity index (χ4n) is 4.09. The topological polar surface area (TPSA) is 82.2 Å². The molecule has 1 amide bonds. The molecule has 0 saturated carbocycles. The second-order valence-electron chi connectivity index (χ2n) is 7.84. The van der Waals surface area contributed by atoms with Gasteiger partial charge in [-0.25, -0.2) is 9.50 Å². The highest BCUT2D eigenvalue weighted by Crippen LogP contribution is 2.28. The molecule has 8 nitrogen and oxygen atoms in total. The number of hydrogen-bond acceptors (Lipinski definition) is 5. The van der Waals surface area contributed by atoms with Gasteiger partial charge in [0, 0.05) is 31.8 Å². The standard InChI is InChI=1S/C23H29N5O3/c1-17-21(18-7-4-3-5-8-18)22-25-15-19(20(16-30-2)28(22)26-17)23(29)24-9-6-10-27-11-13-31-14-12-27/h3-5,7-8,15H,6,9-14,16H2,1-2H3,(H,24,29)/p+1. The van der Waals surface area contributed by atoms with E-state index in [0.29, 0.717) is 17.8 Å². The van der Waals surface area contributed by atoms with Gasteiger partial charge in [-0.2, -0.15) is 5.10 Å². The van der Waals surface area contributed by atoms with Crippen molar-refractivity contribution >= 4 is 11.6 Å². The molecule has 164 valence electrons. The van der Waals surface area contributed by atoms with E-state index in [2.05, 4.69) is 15.4 Å². The van der Waals surface area contributed by atoms with Crippen molar-refractivity contribution in [1.82, 2.24) is 19.9 Å². The molecule has 0 bridgehead atoms. The van der Waals surface area contributed by atoms with Gasteiger partial charge in [-0.1, -0.05) is 30.3 Å². The largest absolute Gasteiger partial charge is 0.378 e. The third kappa shape index (κ3) is 4.76. The van der Waals surface area contributed by atoms with Gasteiger partial charge in [0.2, 0.25) is 0 Å². The molecule has 1 aliphatic heterocycles. The minimum atomic E-state index is -0.146. The number of carbonyl (C=O) groups excluding carboxylic acids is 1. The van der Waals surface area contributed by atoms with Gasteiger partial charge in [0.1, 0.15) is 13.1 Å². The van der Waals surface area contributed by atoms with E-state index in [1.54, 1.807) is 17.8 Å². The highest BCUT2D eigenvalue weighted by Gasteiger charge is 2.21. The van der Waals surface area contributed by atoms with Crippen molar-refractivity contribution in [2.75, 3.05) is 46.5 Å². The lowest BCUT2D eigenvalue weighted by Gasteiger charge is -2.23. The van der Waals surface area contributed by atoms with E-state index < -0.39 is 0 Å². The number of hydrogen-bond donors (Lipinski definition) is 2. The highest BCUT2D eigenvalue weighted by molar-refractivity contribution is 5.95. The number of nitrogens with one attached hydrogen (secondary N) is 2. The Morgan fingerprint density at radius 2 is 2.03 bits per heavy atom. The lowest BCUT2D eigenvalue weighted by Crippen LogP contribution is -3.14. The van der Waals surface area contributed by atoms with Gasteiger partial charge >= 0.3 is 0 Å². The lowest BCUT2D eigenvalue weighted by molar-refractivity contribution is -0.908. The molecule has 0 unspecified atom stereocenters. The predicted octanol–water partition coefficient (Wildman–Crippen LogP) is 0.886. The molecule has 2 aromatic heterocycles. The monoisotopic (exact) mass is 424 g/mol. The molecule has 4 rings (SSSR count). The summed E-state index contributed by atoms with van der Waals surface area (Å²) in [4.78, 5) is 19.1. The number of methoxy groups -OCH3 is 1. The average Bonchev–Trinajstić information content (AvgIpc) is 3.14. The fraction of sp³-hybridized carbons (Fsp3) is 0.435. The first-order chi connectivity index (χ1) is 15.2. The minimum Gasteiger partial charge on any atom is -0.378 e. The molecule has 1 aliphatic rings. The zero-order chi connectivity index (χ0) is 21.6. The predicted molar refractivity (Wildman–Crippen MR) is 117 cm³/mol. The van der Waals surface area contributed by atoms with E-state index in [9.17, 15) is 4.79 Å². The summed E-state index contributed by atoms with van der Waals surface area (Å²) in [5.41, 5.74) is 4.81. The van der Waals surface area contributed by atoms with E-state index in [1.165, 1.54) is 4.90 Å². The molecule has 1 saturated heterocycles. The summed E-state index contributed by atoms with van der Waals surface area (Å²) in [6, 6.07) is 10.1. The second-order valence-corrected chi connectivity index (χ2v) is 7.84. The Labute approximate surface area is 182 Å². The average molecular weight is 425 g/mol. The summed E-state index contributed by atoms with van der Waals surface area (Å²) in [7, 11) is 1.62. The Morgan fingerprint density at radius 1 is 1.26 bits per heavy atom.